The number of sulfonamides is 2. The summed E-state index contributed by atoms with van der Waals surface area (Å²) in [4.78, 5) is 14.4. The lowest BCUT2D eigenvalue weighted by Gasteiger charge is -2.40. The molecule has 5 atom stereocenters. The van der Waals surface area contributed by atoms with Gasteiger partial charge in [-0.05, 0) is 60.9 Å². The zero-order valence-electron chi connectivity index (χ0n) is 30.5. The van der Waals surface area contributed by atoms with E-state index >= 15 is 0 Å². The summed E-state index contributed by atoms with van der Waals surface area (Å²) in [5, 5.41) is 22.8. The molecule has 6 rings (SSSR count). The monoisotopic (exact) mass is 787 g/mol. The van der Waals surface area contributed by atoms with Crippen molar-refractivity contribution in [1.82, 2.24) is 13.9 Å². The molecule has 3 aliphatic rings. The Labute approximate surface area is 317 Å². The molecule has 54 heavy (non-hydrogen) atoms. The minimum Gasteiger partial charge on any atom is -0.465 e. The van der Waals surface area contributed by atoms with Crippen molar-refractivity contribution in [1.29, 1.82) is 0 Å². The SMILES string of the molecule is CC(C)(CCCCNS(=O)(=O)c1ccccc1)CN(C[C@@H](O)[C@H](Cc1ccccc1)N(C(=O)O)[C@H]1CO[C@H]2OCC[C@H]21)S(=O)(=O)c1ccc2c(c1)OCO2. The molecule has 3 N–H and O–H groups in total. The average Bonchev–Trinajstić information content (AvgIpc) is 3.90. The molecule has 16 heteroatoms. The maximum Gasteiger partial charge on any atom is 0.407 e. The highest BCUT2D eigenvalue weighted by Crippen LogP contribution is 2.38. The van der Waals surface area contributed by atoms with Crippen molar-refractivity contribution in [3.63, 3.8) is 0 Å². The molecule has 0 aliphatic carbocycles. The molecule has 0 saturated carbocycles. The summed E-state index contributed by atoms with van der Waals surface area (Å²) in [7, 11) is -7.95. The van der Waals surface area contributed by atoms with E-state index in [0.717, 1.165) is 5.56 Å². The third-order valence-corrected chi connectivity index (χ3v) is 13.6. The number of carbonyl (C=O) groups is 1. The van der Waals surface area contributed by atoms with Gasteiger partial charge in [0.2, 0.25) is 26.8 Å². The van der Waals surface area contributed by atoms with Crippen LogP contribution in [0.5, 0.6) is 11.5 Å². The molecule has 1 amide bonds. The lowest BCUT2D eigenvalue weighted by Crippen LogP contribution is -2.58. The van der Waals surface area contributed by atoms with Crippen LogP contribution in [0.3, 0.4) is 0 Å². The molecule has 2 fully saturated rings. The fourth-order valence-electron chi connectivity index (χ4n) is 7.47. The number of rotatable bonds is 18. The van der Waals surface area contributed by atoms with Gasteiger partial charge in [-0.15, -0.1) is 0 Å². The number of aliphatic hydroxyl groups is 1. The van der Waals surface area contributed by atoms with Crippen LogP contribution in [0.1, 0.15) is 45.1 Å². The van der Waals surface area contributed by atoms with E-state index in [4.69, 9.17) is 18.9 Å². The van der Waals surface area contributed by atoms with Crippen molar-refractivity contribution >= 4 is 26.1 Å². The topological polar surface area (TPSA) is 181 Å². The van der Waals surface area contributed by atoms with E-state index in [1.54, 1.807) is 18.2 Å². The predicted octanol–water partition coefficient (Wildman–Crippen LogP) is 4.29. The number of nitrogens with one attached hydrogen (secondary N) is 1. The number of hydrogen-bond donors (Lipinski definition) is 3. The zero-order chi connectivity index (χ0) is 38.5. The Morgan fingerprint density at radius 2 is 1.63 bits per heavy atom. The number of fused-ring (bicyclic) bond motifs is 2. The van der Waals surface area contributed by atoms with Crippen LogP contribution in [0.4, 0.5) is 4.79 Å². The number of hydrogen-bond acceptors (Lipinski definition) is 10. The van der Waals surface area contributed by atoms with Crippen LogP contribution >= 0.6 is 0 Å². The highest BCUT2D eigenvalue weighted by Gasteiger charge is 2.49. The van der Waals surface area contributed by atoms with Gasteiger partial charge in [0, 0.05) is 31.6 Å². The molecule has 14 nitrogen and oxygen atoms in total. The van der Waals surface area contributed by atoms with Crippen molar-refractivity contribution in [3.8, 4) is 11.5 Å². The quantitative estimate of drug-likeness (QED) is 0.157. The molecule has 294 valence electrons. The third kappa shape index (κ3) is 9.36. The first kappa shape index (κ1) is 39.9. The molecule has 3 heterocycles. The second-order valence-electron chi connectivity index (χ2n) is 14.8. The van der Waals surface area contributed by atoms with Gasteiger partial charge in [-0.3, -0.25) is 4.90 Å². The molecule has 0 spiro atoms. The zero-order valence-corrected chi connectivity index (χ0v) is 32.1. The molecular formula is C38H49N3O11S2. The van der Waals surface area contributed by atoms with Crippen molar-refractivity contribution in [2.24, 2.45) is 11.3 Å². The molecule has 0 aromatic heterocycles. The van der Waals surface area contributed by atoms with Crippen LogP contribution in [0.15, 0.2) is 88.7 Å². The average molecular weight is 788 g/mol. The largest absolute Gasteiger partial charge is 0.465 e. The van der Waals surface area contributed by atoms with Gasteiger partial charge in [-0.1, -0.05) is 68.8 Å². The molecule has 3 aromatic rings. The van der Waals surface area contributed by atoms with Gasteiger partial charge in [-0.25, -0.2) is 26.4 Å². The maximum absolute atomic E-state index is 14.5. The molecular weight excluding hydrogens is 739 g/mol. The summed E-state index contributed by atoms with van der Waals surface area (Å²) in [5.41, 5.74) is 0.135. The van der Waals surface area contributed by atoms with E-state index in [-0.39, 0.29) is 54.4 Å². The summed E-state index contributed by atoms with van der Waals surface area (Å²) in [6.07, 6.45) is -0.887. The third-order valence-electron chi connectivity index (χ3n) is 10.3. The fraction of sp³-hybridized carbons (Fsp3) is 0.500. The number of aliphatic hydroxyl groups excluding tert-OH is 1. The standard InChI is InChI=1S/C38H49N3O11S2/c1-38(2,18-9-10-19-39-53(45,46)28-13-7-4-8-14-28)25-40(54(47,48)29-15-16-34-35(22-29)52-26-51-34)23-33(42)31(21-27-11-5-3-6-12-27)41(37(43)44)32-24-50-36-30(32)17-20-49-36/h3-8,11-16,22,30-33,36,39,42H,9-10,17-21,23-26H2,1-2H3,(H,43,44)/t30-,31-,32-,33+,36+/m0/s1. The summed E-state index contributed by atoms with van der Waals surface area (Å²) in [6, 6.07) is 20.0. The Morgan fingerprint density at radius 1 is 0.926 bits per heavy atom. The molecule has 3 aromatic carbocycles. The van der Waals surface area contributed by atoms with E-state index < -0.39 is 62.6 Å². The number of benzene rings is 3. The van der Waals surface area contributed by atoms with E-state index in [2.05, 4.69) is 4.72 Å². The highest BCUT2D eigenvalue weighted by atomic mass is 32.2. The number of nitrogens with zero attached hydrogens (tertiary/aromatic N) is 2. The van der Waals surface area contributed by atoms with Gasteiger partial charge < -0.3 is 29.2 Å². The summed E-state index contributed by atoms with van der Waals surface area (Å²) < 4.78 is 80.6. The van der Waals surface area contributed by atoms with Crippen molar-refractivity contribution in [3.05, 3.63) is 84.4 Å². The van der Waals surface area contributed by atoms with Gasteiger partial charge in [0.1, 0.15) is 0 Å². The minimum absolute atomic E-state index is 0.0210. The van der Waals surface area contributed by atoms with Gasteiger partial charge in [0.05, 0.1) is 41.2 Å². The lowest BCUT2D eigenvalue weighted by molar-refractivity contribution is -0.0906. The second-order valence-corrected chi connectivity index (χ2v) is 18.5. The van der Waals surface area contributed by atoms with Crippen molar-refractivity contribution < 1.29 is 50.8 Å². The summed E-state index contributed by atoms with van der Waals surface area (Å²) in [6.45, 7) is 4.08. The fourth-order valence-corrected chi connectivity index (χ4v) is 10.2. The minimum atomic E-state index is -4.29. The Balaban J connectivity index is 1.24. The second kappa shape index (κ2) is 16.9. The first-order chi connectivity index (χ1) is 25.7. The van der Waals surface area contributed by atoms with Crippen LogP contribution < -0.4 is 14.2 Å². The molecule has 0 bridgehead atoms. The van der Waals surface area contributed by atoms with Crippen LogP contribution in [0.2, 0.25) is 0 Å². The van der Waals surface area contributed by atoms with Gasteiger partial charge >= 0.3 is 6.09 Å². The molecule has 0 radical (unpaired) electrons. The molecule has 0 unspecified atom stereocenters. The molecule has 2 saturated heterocycles. The van der Waals surface area contributed by atoms with Gasteiger partial charge in [0.25, 0.3) is 0 Å². The van der Waals surface area contributed by atoms with E-state index in [1.807, 2.05) is 44.2 Å². The smallest absolute Gasteiger partial charge is 0.407 e. The summed E-state index contributed by atoms with van der Waals surface area (Å²) in [5.74, 6) is 0.468. The van der Waals surface area contributed by atoms with Crippen LogP contribution in [0, 0.1) is 11.3 Å². The Morgan fingerprint density at radius 3 is 2.35 bits per heavy atom. The maximum atomic E-state index is 14.5. The van der Waals surface area contributed by atoms with Crippen LogP contribution in [0.25, 0.3) is 0 Å². The van der Waals surface area contributed by atoms with Crippen molar-refractivity contribution in [2.45, 2.75) is 80.2 Å². The van der Waals surface area contributed by atoms with Crippen molar-refractivity contribution in [2.75, 3.05) is 39.6 Å². The van der Waals surface area contributed by atoms with Crippen LogP contribution in [-0.4, -0.2) is 106 Å². The highest BCUT2D eigenvalue weighted by molar-refractivity contribution is 7.89. The first-order valence-corrected chi connectivity index (χ1v) is 21.1. The number of amides is 1. The van der Waals surface area contributed by atoms with Crippen LogP contribution in [-0.2, 0) is 35.9 Å². The lowest BCUT2D eigenvalue weighted by atomic mass is 9.87. The van der Waals surface area contributed by atoms with Gasteiger partial charge in [-0.2, -0.15) is 4.31 Å². The van der Waals surface area contributed by atoms with E-state index in [1.165, 1.54) is 39.5 Å². The normalized spacial score (nSPS) is 20.9. The Hall–Kier alpha value is -3.77. The predicted molar refractivity (Wildman–Crippen MR) is 198 cm³/mol. The Kier molecular flexibility index (Phi) is 12.5. The molecule has 3 aliphatic heterocycles. The van der Waals surface area contributed by atoms with Gasteiger partial charge in [0.15, 0.2) is 17.8 Å². The first-order valence-electron chi connectivity index (χ1n) is 18.2. The number of unbranched alkanes of at least 4 members (excludes halogenated alkanes) is 1. The summed E-state index contributed by atoms with van der Waals surface area (Å²) >= 11 is 0. The Bertz CT molecular complexity index is 1950. The van der Waals surface area contributed by atoms with E-state index in [9.17, 15) is 31.8 Å². The number of ether oxygens (including phenoxy) is 4. The van der Waals surface area contributed by atoms with E-state index in [0.29, 0.717) is 38.0 Å². The number of carboxylic acid groups (broad SMARTS) is 1.